The Kier molecular flexibility index (Phi) is 7.07. The number of aliphatic carboxylic acids is 1. The molecular formula is C14H19FO4. The fourth-order valence-electron chi connectivity index (χ4n) is 1.73. The molecule has 0 aliphatic rings. The molecular weight excluding hydrogens is 251 g/mol. The minimum absolute atomic E-state index is 0.306. The maximum absolute atomic E-state index is 13.0. The number of ether oxygens (including phenoxy) is 2. The molecule has 1 unspecified atom stereocenters. The molecule has 106 valence electrons. The summed E-state index contributed by atoms with van der Waals surface area (Å²) < 4.78 is 23.1. The molecule has 1 atom stereocenters. The smallest absolute Gasteiger partial charge is 0.306 e. The zero-order valence-electron chi connectivity index (χ0n) is 11.0. The van der Waals surface area contributed by atoms with Crippen molar-refractivity contribution in [2.24, 2.45) is 5.92 Å². The summed E-state index contributed by atoms with van der Waals surface area (Å²) in [6.45, 7) is 1.29. The maximum Gasteiger partial charge on any atom is 0.306 e. The molecule has 4 nitrogen and oxygen atoms in total. The molecule has 0 bridgehead atoms. The minimum atomic E-state index is -0.889. The van der Waals surface area contributed by atoms with E-state index in [9.17, 15) is 9.18 Å². The standard InChI is InChI=1S/C14H19FO4/c1-18-7-8-19-6-5-12(14(16)17)9-11-3-2-4-13(15)10-11/h2-4,10,12H,5-9H2,1H3,(H,16,17). The molecule has 0 saturated carbocycles. The molecule has 0 amide bonds. The molecule has 0 aliphatic carbocycles. The van der Waals surface area contributed by atoms with Crippen molar-refractivity contribution < 1.29 is 23.8 Å². The van der Waals surface area contributed by atoms with Crippen LogP contribution in [-0.4, -0.2) is 38.0 Å². The van der Waals surface area contributed by atoms with E-state index in [0.717, 1.165) is 0 Å². The van der Waals surface area contributed by atoms with Crippen molar-refractivity contribution in [3.8, 4) is 0 Å². The van der Waals surface area contributed by atoms with Crippen molar-refractivity contribution in [3.63, 3.8) is 0 Å². The minimum Gasteiger partial charge on any atom is -0.481 e. The quantitative estimate of drug-likeness (QED) is 0.698. The highest BCUT2D eigenvalue weighted by molar-refractivity contribution is 5.70. The van der Waals surface area contributed by atoms with Crippen LogP contribution in [0, 0.1) is 11.7 Å². The summed E-state index contributed by atoms with van der Waals surface area (Å²) >= 11 is 0. The molecule has 0 spiro atoms. The Morgan fingerprint density at radius 3 is 2.79 bits per heavy atom. The van der Waals surface area contributed by atoms with Gasteiger partial charge in [0, 0.05) is 13.7 Å². The lowest BCUT2D eigenvalue weighted by Crippen LogP contribution is -2.19. The van der Waals surface area contributed by atoms with Gasteiger partial charge in [-0.1, -0.05) is 12.1 Å². The summed E-state index contributed by atoms with van der Waals surface area (Å²) in [6, 6.07) is 6.01. The second-order valence-electron chi connectivity index (χ2n) is 4.26. The summed E-state index contributed by atoms with van der Waals surface area (Å²) in [7, 11) is 1.58. The average Bonchev–Trinajstić information content (AvgIpc) is 2.37. The Morgan fingerprint density at radius 2 is 2.16 bits per heavy atom. The van der Waals surface area contributed by atoms with Crippen LogP contribution in [0.2, 0.25) is 0 Å². The maximum atomic E-state index is 13.0. The van der Waals surface area contributed by atoms with Gasteiger partial charge in [0.15, 0.2) is 0 Å². The summed E-state index contributed by atoms with van der Waals surface area (Å²) in [5, 5.41) is 9.13. The van der Waals surface area contributed by atoms with Gasteiger partial charge in [-0.25, -0.2) is 4.39 Å². The van der Waals surface area contributed by atoms with E-state index < -0.39 is 11.9 Å². The van der Waals surface area contributed by atoms with Crippen molar-refractivity contribution in [2.75, 3.05) is 26.9 Å². The molecule has 0 aromatic heterocycles. The van der Waals surface area contributed by atoms with E-state index >= 15 is 0 Å². The van der Waals surface area contributed by atoms with Gasteiger partial charge >= 0.3 is 5.97 Å². The number of halogens is 1. The van der Waals surface area contributed by atoms with Gasteiger partial charge in [0.1, 0.15) is 5.82 Å². The molecule has 1 N–H and O–H groups in total. The Hall–Kier alpha value is -1.46. The average molecular weight is 270 g/mol. The van der Waals surface area contributed by atoms with Gasteiger partial charge < -0.3 is 14.6 Å². The topological polar surface area (TPSA) is 55.8 Å². The third kappa shape index (κ3) is 6.31. The first-order valence-electron chi connectivity index (χ1n) is 6.17. The Balaban J connectivity index is 2.42. The number of rotatable bonds is 9. The fraction of sp³-hybridized carbons (Fsp3) is 0.500. The van der Waals surface area contributed by atoms with Crippen molar-refractivity contribution in [1.29, 1.82) is 0 Å². The van der Waals surface area contributed by atoms with Gasteiger partial charge in [0.05, 0.1) is 19.1 Å². The molecule has 0 heterocycles. The summed E-state index contributed by atoms with van der Waals surface area (Å²) in [5.74, 6) is -1.80. The number of hydrogen-bond donors (Lipinski definition) is 1. The van der Waals surface area contributed by atoms with Crippen LogP contribution in [0.15, 0.2) is 24.3 Å². The molecule has 5 heteroatoms. The van der Waals surface area contributed by atoms with Gasteiger partial charge in [-0.2, -0.15) is 0 Å². The van der Waals surface area contributed by atoms with Crippen molar-refractivity contribution in [1.82, 2.24) is 0 Å². The van der Waals surface area contributed by atoms with E-state index in [1.165, 1.54) is 12.1 Å². The number of benzene rings is 1. The number of carbonyl (C=O) groups is 1. The normalized spacial score (nSPS) is 12.3. The van der Waals surface area contributed by atoms with Crippen LogP contribution in [0.3, 0.4) is 0 Å². The zero-order valence-corrected chi connectivity index (χ0v) is 11.0. The molecule has 0 fully saturated rings. The van der Waals surface area contributed by atoms with Crippen LogP contribution in [0.25, 0.3) is 0 Å². The molecule has 0 aliphatic heterocycles. The number of hydrogen-bond acceptors (Lipinski definition) is 3. The second-order valence-corrected chi connectivity index (χ2v) is 4.26. The predicted molar refractivity (Wildman–Crippen MR) is 68.5 cm³/mol. The van der Waals surface area contributed by atoms with Gasteiger partial charge in [-0.3, -0.25) is 4.79 Å². The second kappa shape index (κ2) is 8.61. The van der Waals surface area contributed by atoms with Crippen molar-refractivity contribution >= 4 is 5.97 Å². The lowest BCUT2D eigenvalue weighted by molar-refractivity contribution is -0.142. The van der Waals surface area contributed by atoms with E-state index in [0.29, 0.717) is 38.2 Å². The van der Waals surface area contributed by atoms with E-state index in [1.807, 2.05) is 0 Å². The monoisotopic (exact) mass is 270 g/mol. The van der Waals surface area contributed by atoms with E-state index in [-0.39, 0.29) is 5.82 Å². The largest absolute Gasteiger partial charge is 0.481 e. The van der Waals surface area contributed by atoms with E-state index in [4.69, 9.17) is 14.6 Å². The van der Waals surface area contributed by atoms with E-state index in [2.05, 4.69) is 0 Å². The molecule has 0 radical (unpaired) electrons. The first kappa shape index (κ1) is 15.6. The predicted octanol–water partition coefficient (Wildman–Crippen LogP) is 2.12. The van der Waals surface area contributed by atoms with Gasteiger partial charge in [-0.15, -0.1) is 0 Å². The summed E-state index contributed by atoms with van der Waals surface area (Å²) in [4.78, 5) is 11.1. The Labute approximate surface area is 112 Å². The lowest BCUT2D eigenvalue weighted by Gasteiger charge is -2.12. The van der Waals surface area contributed by atoms with Gasteiger partial charge in [-0.05, 0) is 30.5 Å². The molecule has 0 saturated heterocycles. The third-order valence-electron chi connectivity index (χ3n) is 2.76. The van der Waals surface area contributed by atoms with Crippen LogP contribution in [-0.2, 0) is 20.7 Å². The SMILES string of the molecule is COCCOCCC(Cc1cccc(F)c1)C(=O)O. The molecule has 1 aromatic rings. The van der Waals surface area contributed by atoms with Crippen molar-refractivity contribution in [3.05, 3.63) is 35.6 Å². The highest BCUT2D eigenvalue weighted by Crippen LogP contribution is 2.14. The summed E-state index contributed by atoms with van der Waals surface area (Å²) in [5.41, 5.74) is 0.685. The van der Waals surface area contributed by atoms with Crippen LogP contribution >= 0.6 is 0 Å². The molecule has 1 rings (SSSR count). The molecule has 19 heavy (non-hydrogen) atoms. The van der Waals surface area contributed by atoms with Gasteiger partial charge in [0.2, 0.25) is 0 Å². The van der Waals surface area contributed by atoms with Crippen LogP contribution in [0.4, 0.5) is 4.39 Å². The molecule has 1 aromatic carbocycles. The van der Waals surface area contributed by atoms with E-state index in [1.54, 1.807) is 19.2 Å². The van der Waals surface area contributed by atoms with Crippen LogP contribution in [0.1, 0.15) is 12.0 Å². The van der Waals surface area contributed by atoms with Crippen molar-refractivity contribution in [2.45, 2.75) is 12.8 Å². The van der Waals surface area contributed by atoms with Crippen LogP contribution < -0.4 is 0 Å². The highest BCUT2D eigenvalue weighted by Gasteiger charge is 2.18. The fourth-order valence-corrected chi connectivity index (χ4v) is 1.73. The lowest BCUT2D eigenvalue weighted by atomic mass is 9.96. The number of methoxy groups -OCH3 is 1. The highest BCUT2D eigenvalue weighted by atomic mass is 19.1. The number of carboxylic acid groups (broad SMARTS) is 1. The first-order valence-corrected chi connectivity index (χ1v) is 6.17. The van der Waals surface area contributed by atoms with Crippen LogP contribution in [0.5, 0.6) is 0 Å². The third-order valence-corrected chi connectivity index (χ3v) is 2.76. The zero-order chi connectivity index (χ0) is 14.1. The number of carboxylic acids is 1. The Morgan fingerprint density at radius 1 is 1.37 bits per heavy atom. The van der Waals surface area contributed by atoms with Gasteiger partial charge in [0.25, 0.3) is 0 Å². The summed E-state index contributed by atoms with van der Waals surface area (Å²) in [6.07, 6.45) is 0.705. The first-order chi connectivity index (χ1) is 9.13. The Bertz CT molecular complexity index is 395.